The summed E-state index contributed by atoms with van der Waals surface area (Å²) in [6.45, 7) is 2.11. The maximum absolute atomic E-state index is 12.4. The molecule has 3 nitrogen and oxygen atoms in total. The lowest BCUT2D eigenvalue weighted by Gasteiger charge is -2.29. The number of hydrogen-bond acceptors (Lipinski definition) is 3. The van der Waals surface area contributed by atoms with E-state index in [0.717, 1.165) is 42.9 Å². The summed E-state index contributed by atoms with van der Waals surface area (Å²) in [4.78, 5) is 12.4. The van der Waals surface area contributed by atoms with Crippen LogP contribution in [0.2, 0.25) is 0 Å². The molecule has 0 aliphatic carbocycles. The molecule has 0 aromatic heterocycles. The molecule has 25 heavy (non-hydrogen) atoms. The number of rotatable bonds is 7. The van der Waals surface area contributed by atoms with Crippen LogP contribution in [0.3, 0.4) is 0 Å². The molecule has 0 N–H and O–H groups in total. The van der Waals surface area contributed by atoms with Crippen LogP contribution in [-0.2, 0) is 9.47 Å². The first-order chi connectivity index (χ1) is 12.3. The van der Waals surface area contributed by atoms with E-state index in [9.17, 15) is 4.79 Å². The molecule has 2 unspecified atom stereocenters. The molecule has 3 heteroatoms. The fourth-order valence-corrected chi connectivity index (χ4v) is 3.26. The SMILES string of the molecule is C/C=C/CCC1CCCC(OCC(=O)c2ccc3ccccc3c2)O1. The molecular formula is C22H26O3. The third kappa shape index (κ3) is 5.00. The number of carbonyl (C=O) groups excluding carboxylic acids is 1. The van der Waals surface area contributed by atoms with Gasteiger partial charge in [0, 0.05) is 5.56 Å². The molecule has 3 rings (SSSR count). The van der Waals surface area contributed by atoms with Gasteiger partial charge in [-0.3, -0.25) is 4.79 Å². The molecule has 0 bridgehead atoms. The van der Waals surface area contributed by atoms with E-state index in [2.05, 4.69) is 12.2 Å². The minimum absolute atomic E-state index is 0.00499. The van der Waals surface area contributed by atoms with Crippen LogP contribution in [0.1, 0.15) is 49.4 Å². The van der Waals surface area contributed by atoms with Gasteiger partial charge in [0.2, 0.25) is 0 Å². The van der Waals surface area contributed by atoms with Gasteiger partial charge < -0.3 is 9.47 Å². The predicted molar refractivity (Wildman–Crippen MR) is 101 cm³/mol. The molecule has 1 saturated heterocycles. The molecule has 2 atom stereocenters. The van der Waals surface area contributed by atoms with Gasteiger partial charge in [-0.25, -0.2) is 0 Å². The van der Waals surface area contributed by atoms with Crippen LogP contribution >= 0.6 is 0 Å². The van der Waals surface area contributed by atoms with E-state index in [-0.39, 0.29) is 24.8 Å². The van der Waals surface area contributed by atoms with Crippen LogP contribution in [-0.4, -0.2) is 24.8 Å². The van der Waals surface area contributed by atoms with Crippen LogP contribution in [0.15, 0.2) is 54.6 Å². The zero-order chi connectivity index (χ0) is 17.5. The number of Topliss-reactive ketones (excluding diaryl/α,β-unsaturated/α-hetero) is 1. The molecule has 0 spiro atoms. The van der Waals surface area contributed by atoms with Crippen molar-refractivity contribution in [2.24, 2.45) is 0 Å². The summed E-state index contributed by atoms with van der Waals surface area (Å²) in [5.74, 6) is 0.00499. The number of ketones is 1. The van der Waals surface area contributed by atoms with Gasteiger partial charge in [0.05, 0.1) is 6.10 Å². The van der Waals surface area contributed by atoms with E-state index in [1.54, 1.807) is 0 Å². The van der Waals surface area contributed by atoms with Crippen LogP contribution in [0, 0.1) is 0 Å². The van der Waals surface area contributed by atoms with Crippen LogP contribution in [0.5, 0.6) is 0 Å². The molecule has 0 amide bonds. The lowest BCUT2D eigenvalue weighted by molar-refractivity contribution is -0.188. The third-order valence-electron chi connectivity index (χ3n) is 4.67. The molecular weight excluding hydrogens is 312 g/mol. The van der Waals surface area contributed by atoms with Crippen molar-refractivity contribution < 1.29 is 14.3 Å². The standard InChI is InChI=1S/C22H26O3/c1-2-3-4-10-20-11-7-12-22(25-20)24-16-21(23)19-14-13-17-8-5-6-9-18(17)15-19/h2-3,5-6,8-9,13-15,20,22H,4,7,10-12,16H2,1H3/b3-2+. The molecule has 0 radical (unpaired) electrons. The van der Waals surface area contributed by atoms with Crippen LogP contribution in [0.25, 0.3) is 10.8 Å². The number of fused-ring (bicyclic) bond motifs is 1. The van der Waals surface area contributed by atoms with Gasteiger partial charge in [-0.1, -0.05) is 48.6 Å². The Morgan fingerprint density at radius 2 is 2.04 bits per heavy atom. The highest BCUT2D eigenvalue weighted by atomic mass is 16.7. The van der Waals surface area contributed by atoms with Crippen molar-refractivity contribution in [2.45, 2.75) is 51.4 Å². The normalized spacial score (nSPS) is 21.0. The van der Waals surface area contributed by atoms with Gasteiger partial charge in [-0.05, 0) is 55.9 Å². The third-order valence-corrected chi connectivity index (χ3v) is 4.67. The van der Waals surface area contributed by atoms with E-state index in [1.165, 1.54) is 0 Å². The summed E-state index contributed by atoms with van der Waals surface area (Å²) in [5, 5.41) is 2.21. The maximum Gasteiger partial charge on any atom is 0.188 e. The van der Waals surface area contributed by atoms with Crippen molar-refractivity contribution in [1.82, 2.24) is 0 Å². The van der Waals surface area contributed by atoms with Gasteiger partial charge in [0.25, 0.3) is 0 Å². The second kappa shape index (κ2) is 8.93. The molecule has 132 valence electrons. The van der Waals surface area contributed by atoms with Crippen molar-refractivity contribution in [3.63, 3.8) is 0 Å². The average molecular weight is 338 g/mol. The predicted octanol–water partition coefficient (Wildman–Crippen LogP) is 5.29. The molecule has 1 heterocycles. The number of benzene rings is 2. The monoisotopic (exact) mass is 338 g/mol. The minimum atomic E-state index is -0.256. The molecule has 1 aliphatic heterocycles. The van der Waals surface area contributed by atoms with E-state index in [4.69, 9.17) is 9.47 Å². The summed E-state index contributed by atoms with van der Waals surface area (Å²) in [6.07, 6.45) is 9.30. The van der Waals surface area contributed by atoms with E-state index in [1.807, 2.05) is 49.4 Å². The molecule has 0 saturated carbocycles. The largest absolute Gasteiger partial charge is 0.349 e. The molecule has 1 fully saturated rings. The van der Waals surface area contributed by atoms with Crippen molar-refractivity contribution in [3.8, 4) is 0 Å². The summed E-state index contributed by atoms with van der Waals surface area (Å²) in [7, 11) is 0. The van der Waals surface area contributed by atoms with Crippen LogP contribution in [0.4, 0.5) is 0 Å². The van der Waals surface area contributed by atoms with Gasteiger partial charge in [-0.15, -0.1) is 0 Å². The molecule has 1 aliphatic rings. The highest BCUT2D eigenvalue weighted by Crippen LogP contribution is 2.23. The minimum Gasteiger partial charge on any atom is -0.349 e. The zero-order valence-corrected chi connectivity index (χ0v) is 14.8. The number of hydrogen-bond donors (Lipinski definition) is 0. The Hall–Kier alpha value is -1.97. The van der Waals surface area contributed by atoms with Gasteiger partial charge in [0.15, 0.2) is 12.1 Å². The highest BCUT2D eigenvalue weighted by molar-refractivity contribution is 6.00. The Kier molecular flexibility index (Phi) is 6.37. The molecule has 2 aromatic carbocycles. The second-order valence-corrected chi connectivity index (χ2v) is 6.56. The first kappa shape index (κ1) is 17.8. The maximum atomic E-state index is 12.4. The number of carbonyl (C=O) groups is 1. The Morgan fingerprint density at radius 3 is 2.88 bits per heavy atom. The fraction of sp³-hybridized carbons (Fsp3) is 0.409. The Balaban J connectivity index is 1.52. The molecule has 2 aromatic rings. The highest BCUT2D eigenvalue weighted by Gasteiger charge is 2.23. The van der Waals surface area contributed by atoms with E-state index >= 15 is 0 Å². The van der Waals surface area contributed by atoms with Crippen molar-refractivity contribution in [1.29, 1.82) is 0 Å². The first-order valence-corrected chi connectivity index (χ1v) is 9.16. The van der Waals surface area contributed by atoms with Crippen molar-refractivity contribution in [2.75, 3.05) is 6.61 Å². The van der Waals surface area contributed by atoms with E-state index in [0.29, 0.717) is 5.56 Å². The average Bonchev–Trinajstić information content (AvgIpc) is 2.66. The van der Waals surface area contributed by atoms with E-state index < -0.39 is 0 Å². The summed E-state index contributed by atoms with van der Waals surface area (Å²) in [6, 6.07) is 13.8. The van der Waals surface area contributed by atoms with Crippen molar-refractivity contribution >= 4 is 16.6 Å². The fourth-order valence-electron chi connectivity index (χ4n) is 3.26. The van der Waals surface area contributed by atoms with Gasteiger partial charge >= 0.3 is 0 Å². The number of ether oxygens (including phenoxy) is 2. The lowest BCUT2D eigenvalue weighted by Crippen LogP contribution is -2.31. The topological polar surface area (TPSA) is 35.5 Å². The summed E-state index contributed by atoms with van der Waals surface area (Å²) >= 11 is 0. The van der Waals surface area contributed by atoms with Crippen molar-refractivity contribution in [3.05, 3.63) is 60.2 Å². The van der Waals surface area contributed by atoms with Crippen LogP contribution < -0.4 is 0 Å². The number of allylic oxidation sites excluding steroid dienone is 2. The summed E-state index contributed by atoms with van der Waals surface area (Å²) in [5.41, 5.74) is 0.694. The Labute approximate surface area is 149 Å². The summed E-state index contributed by atoms with van der Waals surface area (Å²) < 4.78 is 11.7. The zero-order valence-electron chi connectivity index (χ0n) is 14.8. The quantitative estimate of drug-likeness (QED) is 0.508. The smallest absolute Gasteiger partial charge is 0.188 e. The lowest BCUT2D eigenvalue weighted by atomic mass is 10.0. The van der Waals surface area contributed by atoms with Gasteiger partial charge in [0.1, 0.15) is 6.61 Å². The van der Waals surface area contributed by atoms with Gasteiger partial charge in [-0.2, -0.15) is 0 Å². The first-order valence-electron chi connectivity index (χ1n) is 9.16. The Morgan fingerprint density at radius 1 is 1.20 bits per heavy atom. The Bertz CT molecular complexity index is 735. The second-order valence-electron chi connectivity index (χ2n) is 6.56.